The van der Waals surface area contributed by atoms with E-state index in [2.05, 4.69) is 9.46 Å². The summed E-state index contributed by atoms with van der Waals surface area (Å²) in [6, 6.07) is 4.44. The summed E-state index contributed by atoms with van der Waals surface area (Å²) in [6.07, 6.45) is -1.08. The normalized spacial score (nSPS) is 10.8. The first-order valence-corrected chi connectivity index (χ1v) is 6.73. The molecule has 7 nitrogen and oxygen atoms in total. The Bertz CT molecular complexity index is 547. The van der Waals surface area contributed by atoms with Crippen LogP contribution in [-0.2, 0) is 14.9 Å². The van der Waals surface area contributed by atoms with Crippen molar-refractivity contribution in [2.24, 2.45) is 0 Å². The van der Waals surface area contributed by atoms with Crippen LogP contribution in [0.2, 0.25) is 5.02 Å². The highest BCUT2D eigenvalue weighted by molar-refractivity contribution is 7.91. The van der Waals surface area contributed by atoms with Gasteiger partial charge in [0.25, 0.3) is 0 Å². The zero-order valence-electron chi connectivity index (χ0n) is 9.44. The molecule has 0 aliphatic heterocycles. The van der Waals surface area contributed by atoms with Gasteiger partial charge in [0.15, 0.2) is 0 Å². The van der Waals surface area contributed by atoms with Gasteiger partial charge in [-0.3, -0.25) is 4.72 Å². The molecule has 0 aromatic heterocycles. The number of carbonyl (C=O) groups is 1. The van der Waals surface area contributed by atoms with Crippen LogP contribution < -0.4 is 15.2 Å². The van der Waals surface area contributed by atoms with Crippen LogP contribution >= 0.6 is 11.6 Å². The fraction of sp³-hybridized carbons (Fsp3) is 0.222. The van der Waals surface area contributed by atoms with Gasteiger partial charge in [0, 0.05) is 0 Å². The first kappa shape index (κ1) is 14.4. The van der Waals surface area contributed by atoms with E-state index >= 15 is 0 Å². The zero-order valence-corrected chi connectivity index (χ0v) is 11.0. The molecule has 1 amide bonds. The molecule has 1 rings (SSSR count). The Balaban J connectivity index is 2.83. The molecule has 100 valence electrons. The first-order chi connectivity index (χ1) is 8.35. The molecule has 0 radical (unpaired) electrons. The number of ether oxygens (including phenoxy) is 1. The number of anilines is 2. The molecular formula is C9H12ClN3O4S. The van der Waals surface area contributed by atoms with Crippen LogP contribution in [0, 0.1) is 0 Å². The molecule has 9 heteroatoms. The number of nitrogens with two attached hydrogens (primary N) is 1. The van der Waals surface area contributed by atoms with Crippen LogP contribution in [0.4, 0.5) is 16.2 Å². The summed E-state index contributed by atoms with van der Waals surface area (Å²) in [5.41, 5.74) is 5.79. The predicted molar refractivity (Wildman–Crippen MR) is 68.6 cm³/mol. The van der Waals surface area contributed by atoms with Crippen LogP contribution in [-0.4, -0.2) is 21.1 Å². The third kappa shape index (κ3) is 3.97. The smallest absolute Gasteiger partial charge is 0.422 e. The number of hydrogen-bond acceptors (Lipinski definition) is 5. The van der Waals surface area contributed by atoms with E-state index in [9.17, 15) is 13.2 Å². The Morgan fingerprint density at radius 2 is 2.17 bits per heavy atom. The summed E-state index contributed by atoms with van der Waals surface area (Å²) in [5, 5.41) is 0.0479. The van der Waals surface area contributed by atoms with Gasteiger partial charge in [-0.15, -0.1) is 0 Å². The molecule has 18 heavy (non-hydrogen) atoms. The molecule has 0 bridgehead atoms. The van der Waals surface area contributed by atoms with Crippen LogP contribution in [0.5, 0.6) is 0 Å². The third-order valence-corrected chi connectivity index (χ3v) is 3.11. The summed E-state index contributed by atoms with van der Waals surface area (Å²) < 4.78 is 31.2. The summed E-state index contributed by atoms with van der Waals surface area (Å²) in [6.45, 7) is 1.61. The molecule has 0 heterocycles. The molecule has 1 aromatic carbocycles. The van der Waals surface area contributed by atoms with Gasteiger partial charge in [-0.1, -0.05) is 17.7 Å². The van der Waals surface area contributed by atoms with Crippen molar-refractivity contribution >= 4 is 39.3 Å². The number of carbonyl (C=O) groups excluding carboxylic acids is 1. The molecule has 0 unspecified atom stereocenters. The van der Waals surface area contributed by atoms with Gasteiger partial charge in [0.2, 0.25) is 0 Å². The lowest BCUT2D eigenvalue weighted by Gasteiger charge is -2.11. The molecule has 0 fully saturated rings. The Morgan fingerprint density at radius 3 is 2.78 bits per heavy atom. The van der Waals surface area contributed by atoms with E-state index in [1.807, 2.05) is 0 Å². The van der Waals surface area contributed by atoms with Gasteiger partial charge >= 0.3 is 16.3 Å². The van der Waals surface area contributed by atoms with Crippen molar-refractivity contribution < 1.29 is 17.9 Å². The topological polar surface area (TPSA) is 111 Å². The largest absolute Gasteiger partial charge is 0.449 e. The molecule has 0 aliphatic rings. The van der Waals surface area contributed by atoms with Crippen LogP contribution in [0.3, 0.4) is 0 Å². The Morgan fingerprint density at radius 1 is 1.50 bits per heavy atom. The number of benzene rings is 1. The monoisotopic (exact) mass is 293 g/mol. The maximum Gasteiger partial charge on any atom is 0.422 e. The fourth-order valence-corrected chi connectivity index (χ4v) is 2.09. The number of halogens is 1. The van der Waals surface area contributed by atoms with Gasteiger partial charge in [0.1, 0.15) is 0 Å². The van der Waals surface area contributed by atoms with Gasteiger partial charge in [0.05, 0.1) is 23.0 Å². The van der Waals surface area contributed by atoms with Gasteiger partial charge in [-0.2, -0.15) is 8.42 Å². The average molecular weight is 294 g/mol. The second-order valence-electron chi connectivity index (χ2n) is 3.14. The first-order valence-electron chi connectivity index (χ1n) is 4.87. The lowest BCUT2D eigenvalue weighted by molar-refractivity contribution is 0.159. The van der Waals surface area contributed by atoms with E-state index in [-0.39, 0.29) is 23.0 Å². The Labute approximate surface area is 109 Å². The van der Waals surface area contributed by atoms with Crippen molar-refractivity contribution in [2.75, 3.05) is 17.1 Å². The minimum absolute atomic E-state index is 0.0479. The van der Waals surface area contributed by atoms with E-state index in [0.29, 0.717) is 0 Å². The highest BCUT2D eigenvalue weighted by atomic mass is 35.5. The summed E-state index contributed by atoms with van der Waals surface area (Å²) in [7, 11) is -4.11. The average Bonchev–Trinajstić information content (AvgIpc) is 2.24. The third-order valence-electron chi connectivity index (χ3n) is 1.77. The highest BCUT2D eigenvalue weighted by Crippen LogP contribution is 2.27. The molecule has 0 saturated carbocycles. The van der Waals surface area contributed by atoms with E-state index in [1.54, 1.807) is 11.6 Å². The minimum Gasteiger partial charge on any atom is -0.449 e. The van der Waals surface area contributed by atoms with Gasteiger partial charge in [-0.05, 0) is 19.1 Å². The van der Waals surface area contributed by atoms with E-state index < -0.39 is 16.3 Å². The van der Waals surface area contributed by atoms with Crippen molar-refractivity contribution in [3.63, 3.8) is 0 Å². The molecular weight excluding hydrogens is 282 g/mol. The van der Waals surface area contributed by atoms with Gasteiger partial charge in [-0.25, -0.2) is 9.52 Å². The standard InChI is InChI=1S/C9H12ClN3O4S/c1-2-17-9(14)13-18(15,16)12-7-5-3-4-6(11)8(7)10/h3-5,12H,2,11H2,1H3,(H,13,14). The van der Waals surface area contributed by atoms with E-state index in [1.165, 1.54) is 18.2 Å². The SMILES string of the molecule is CCOC(=O)NS(=O)(=O)Nc1cccc(N)c1Cl. The molecule has 1 aromatic rings. The second-order valence-corrected chi connectivity index (χ2v) is 4.93. The molecule has 0 atom stereocenters. The molecule has 4 N–H and O–H groups in total. The van der Waals surface area contributed by atoms with E-state index in [0.717, 1.165) is 0 Å². The Kier molecular flexibility index (Phi) is 4.62. The zero-order chi connectivity index (χ0) is 13.8. The summed E-state index contributed by atoms with van der Waals surface area (Å²) >= 11 is 5.80. The Hall–Kier alpha value is -1.67. The maximum atomic E-state index is 11.5. The fourth-order valence-electron chi connectivity index (χ4n) is 1.07. The predicted octanol–water partition coefficient (Wildman–Crippen LogP) is 1.32. The maximum absolute atomic E-state index is 11.5. The van der Waals surface area contributed by atoms with Crippen molar-refractivity contribution in [1.82, 2.24) is 4.72 Å². The minimum atomic E-state index is -4.11. The number of amides is 1. The second kappa shape index (κ2) is 5.78. The van der Waals surface area contributed by atoms with Crippen molar-refractivity contribution in [1.29, 1.82) is 0 Å². The molecule has 0 spiro atoms. The van der Waals surface area contributed by atoms with Crippen LogP contribution in [0.25, 0.3) is 0 Å². The molecule has 0 saturated heterocycles. The number of hydrogen-bond donors (Lipinski definition) is 3. The highest BCUT2D eigenvalue weighted by Gasteiger charge is 2.16. The summed E-state index contributed by atoms with van der Waals surface area (Å²) in [5.74, 6) is 0. The number of nitrogen functional groups attached to an aromatic ring is 1. The van der Waals surface area contributed by atoms with Crippen LogP contribution in [0.1, 0.15) is 6.92 Å². The molecule has 0 aliphatic carbocycles. The lowest BCUT2D eigenvalue weighted by Crippen LogP contribution is -2.35. The van der Waals surface area contributed by atoms with Crippen LogP contribution in [0.15, 0.2) is 18.2 Å². The van der Waals surface area contributed by atoms with Crippen molar-refractivity contribution in [3.8, 4) is 0 Å². The number of rotatable bonds is 4. The quantitative estimate of drug-likeness (QED) is 0.725. The lowest BCUT2D eigenvalue weighted by atomic mass is 10.3. The van der Waals surface area contributed by atoms with Crippen molar-refractivity contribution in [2.45, 2.75) is 6.92 Å². The summed E-state index contributed by atoms with van der Waals surface area (Å²) in [4.78, 5) is 11.0. The number of nitrogens with one attached hydrogen (secondary N) is 2. The van der Waals surface area contributed by atoms with Gasteiger partial charge < -0.3 is 10.5 Å². The van der Waals surface area contributed by atoms with E-state index in [4.69, 9.17) is 17.3 Å². The van der Waals surface area contributed by atoms with Crippen molar-refractivity contribution in [3.05, 3.63) is 23.2 Å².